The monoisotopic (exact) mass is 128 g/mol. The molecule has 0 aromatic heterocycles. The zero-order valence-electron chi connectivity index (χ0n) is 5.78. The Morgan fingerprint density at radius 2 is 2.25 bits per heavy atom. The van der Waals surface area contributed by atoms with E-state index in [1.54, 1.807) is 0 Å². The third kappa shape index (κ3) is 3.49. The quantitative estimate of drug-likeness (QED) is 0.401. The van der Waals surface area contributed by atoms with Gasteiger partial charge in [0.25, 0.3) is 0 Å². The van der Waals surface area contributed by atoms with Gasteiger partial charge >= 0.3 is 0 Å². The molecule has 0 aliphatic heterocycles. The van der Waals surface area contributed by atoms with Crippen molar-refractivity contribution >= 4 is 16.4 Å². The molecule has 0 saturated heterocycles. The van der Waals surface area contributed by atoms with Crippen LogP contribution < -0.4 is 0 Å². The summed E-state index contributed by atoms with van der Waals surface area (Å²) in [5.74, 6) is 0. The van der Waals surface area contributed by atoms with E-state index in [0.29, 0.717) is 0 Å². The second-order valence-corrected chi connectivity index (χ2v) is 3.40. The molecule has 46 valence electrons. The molecule has 0 spiro atoms. The molecule has 0 fully saturated rings. The fraction of sp³-hybridized carbons (Fsp3) is 1.00. The number of rotatable bonds is 4. The van der Waals surface area contributed by atoms with Gasteiger partial charge in [-0.05, 0) is 18.7 Å². The molecule has 0 amide bonds. The molecule has 0 aliphatic carbocycles. The van der Waals surface area contributed by atoms with Crippen molar-refractivity contribution in [2.75, 3.05) is 6.66 Å². The topological polar surface area (TPSA) is 0 Å². The lowest BCUT2D eigenvalue weighted by atomic mass is 9.99. The van der Waals surface area contributed by atoms with Gasteiger partial charge in [-0.15, -0.1) is 8.58 Å². The van der Waals surface area contributed by atoms with E-state index in [2.05, 4.69) is 13.6 Å². The second-order valence-electron chi connectivity index (χ2n) is 2.01. The molecule has 0 bridgehead atoms. The zero-order chi connectivity index (χ0) is 6.41. The minimum atomic E-state index is 0.806. The molecule has 0 nitrogen and oxygen atoms in total. The van der Waals surface area contributed by atoms with E-state index in [9.17, 15) is 0 Å². The molecule has 2 atom stereocenters. The maximum Gasteiger partial charge on any atom is 0.0661 e. The van der Waals surface area contributed by atoms with Gasteiger partial charge in [-0.2, -0.15) is 0 Å². The molecule has 0 N–H and O–H groups in total. The van der Waals surface area contributed by atoms with Crippen molar-refractivity contribution in [1.29, 1.82) is 0 Å². The highest BCUT2D eigenvalue weighted by molar-refractivity contribution is 7.38. The number of hydrogen-bond acceptors (Lipinski definition) is 0. The predicted molar refractivity (Wildman–Crippen MR) is 43.5 cm³/mol. The molecule has 0 rings (SSSR count). The summed E-state index contributed by atoms with van der Waals surface area (Å²) >= 11 is 0. The van der Waals surface area contributed by atoms with Gasteiger partial charge in [-0.3, -0.25) is 0 Å². The molecule has 2 heteroatoms. The minimum Gasteiger partial charge on any atom is -0.123 e. The summed E-state index contributed by atoms with van der Waals surface area (Å²) in [5.41, 5.74) is 0.806. The van der Waals surface area contributed by atoms with Gasteiger partial charge in [-0.25, -0.2) is 0 Å². The highest BCUT2D eigenvalue weighted by atomic mass is 31.1. The summed E-state index contributed by atoms with van der Waals surface area (Å²) in [7, 11) is 6.51. The maximum absolute atomic E-state index is 5.48. The van der Waals surface area contributed by atoms with Crippen LogP contribution in [0.25, 0.3) is 0 Å². The Morgan fingerprint density at radius 3 is 2.38 bits per heavy atom. The SMILES string of the molecule is [B]CC(CCC)PC. The molecule has 0 aromatic carbocycles. The molecule has 2 radical (unpaired) electrons. The van der Waals surface area contributed by atoms with Crippen LogP contribution in [0.1, 0.15) is 19.8 Å². The lowest BCUT2D eigenvalue weighted by Crippen LogP contribution is -1.96. The second kappa shape index (κ2) is 5.63. The van der Waals surface area contributed by atoms with Gasteiger partial charge < -0.3 is 0 Å². The average molecular weight is 128 g/mol. The molecule has 2 unspecified atom stereocenters. The van der Waals surface area contributed by atoms with Crippen LogP contribution in [0.2, 0.25) is 6.32 Å². The summed E-state index contributed by atoms with van der Waals surface area (Å²) in [5, 5.41) is 0. The Morgan fingerprint density at radius 1 is 1.62 bits per heavy atom. The standard InChI is InChI=1S/C6H14BP/c1-3-4-6(5-7)8-2/h6,8H,3-5H2,1-2H3. The van der Waals surface area contributed by atoms with Crippen LogP contribution in [0.15, 0.2) is 0 Å². The summed E-state index contributed by atoms with van der Waals surface area (Å²) in [6.07, 6.45) is 3.47. The van der Waals surface area contributed by atoms with Crippen LogP contribution in [0.3, 0.4) is 0 Å². The average Bonchev–Trinajstić information content (AvgIpc) is 1.83. The molecule has 0 saturated carbocycles. The van der Waals surface area contributed by atoms with Crippen molar-refractivity contribution in [3.8, 4) is 0 Å². The first-order valence-corrected chi connectivity index (χ1v) is 4.80. The Labute approximate surface area is 55.6 Å². The molecular weight excluding hydrogens is 114 g/mol. The van der Waals surface area contributed by atoms with E-state index in [0.717, 1.165) is 20.6 Å². The molecule has 0 aliphatic rings. The smallest absolute Gasteiger partial charge is 0.0661 e. The third-order valence-corrected chi connectivity index (χ3v) is 2.67. The molecular formula is C6H14BP. The van der Waals surface area contributed by atoms with Gasteiger partial charge in [0.05, 0.1) is 7.85 Å². The lowest BCUT2D eigenvalue weighted by molar-refractivity contribution is 0.783. The summed E-state index contributed by atoms with van der Waals surface area (Å²) in [6.45, 7) is 4.44. The van der Waals surface area contributed by atoms with Crippen LogP contribution in [0, 0.1) is 0 Å². The van der Waals surface area contributed by atoms with Crippen LogP contribution in [0.5, 0.6) is 0 Å². The highest BCUT2D eigenvalue weighted by Gasteiger charge is 1.98. The van der Waals surface area contributed by atoms with E-state index in [-0.39, 0.29) is 0 Å². The molecule has 0 aromatic rings. The van der Waals surface area contributed by atoms with Gasteiger partial charge in [0, 0.05) is 0 Å². The third-order valence-electron chi connectivity index (χ3n) is 1.33. The van der Waals surface area contributed by atoms with Crippen LogP contribution >= 0.6 is 8.58 Å². The van der Waals surface area contributed by atoms with E-state index < -0.39 is 0 Å². The van der Waals surface area contributed by atoms with Crippen molar-refractivity contribution in [2.45, 2.75) is 31.7 Å². The fourth-order valence-corrected chi connectivity index (χ4v) is 1.54. The first kappa shape index (κ1) is 8.49. The van der Waals surface area contributed by atoms with Crippen LogP contribution in [-0.2, 0) is 0 Å². The summed E-state index contributed by atoms with van der Waals surface area (Å²) in [4.78, 5) is 0. The molecule has 8 heavy (non-hydrogen) atoms. The van der Waals surface area contributed by atoms with Gasteiger partial charge in [0.1, 0.15) is 0 Å². The Hall–Kier alpha value is 0.495. The van der Waals surface area contributed by atoms with Gasteiger partial charge in [0.15, 0.2) is 0 Å². The van der Waals surface area contributed by atoms with Crippen molar-refractivity contribution in [2.24, 2.45) is 0 Å². The fourth-order valence-electron chi connectivity index (χ4n) is 0.729. The van der Waals surface area contributed by atoms with Crippen molar-refractivity contribution in [3.63, 3.8) is 0 Å². The zero-order valence-corrected chi connectivity index (χ0v) is 6.78. The van der Waals surface area contributed by atoms with Crippen LogP contribution in [0.4, 0.5) is 0 Å². The van der Waals surface area contributed by atoms with Gasteiger partial charge in [0.2, 0.25) is 0 Å². The van der Waals surface area contributed by atoms with Crippen molar-refractivity contribution < 1.29 is 0 Å². The Balaban J connectivity index is 3.07. The Bertz CT molecular complexity index is 43.8. The maximum atomic E-state index is 5.48. The number of hydrogen-bond donors (Lipinski definition) is 0. The van der Waals surface area contributed by atoms with E-state index >= 15 is 0 Å². The predicted octanol–water partition coefficient (Wildman–Crippen LogP) is 2.05. The van der Waals surface area contributed by atoms with Crippen molar-refractivity contribution in [3.05, 3.63) is 0 Å². The summed E-state index contributed by atoms with van der Waals surface area (Å²) in [6, 6.07) is 0. The van der Waals surface area contributed by atoms with E-state index in [4.69, 9.17) is 7.85 Å². The van der Waals surface area contributed by atoms with Crippen molar-refractivity contribution in [1.82, 2.24) is 0 Å². The largest absolute Gasteiger partial charge is 0.123 e. The normalized spacial score (nSPS) is 15.2. The van der Waals surface area contributed by atoms with Crippen LogP contribution in [-0.4, -0.2) is 20.2 Å². The van der Waals surface area contributed by atoms with E-state index in [1.807, 2.05) is 0 Å². The van der Waals surface area contributed by atoms with Gasteiger partial charge in [-0.1, -0.05) is 19.7 Å². The lowest BCUT2D eigenvalue weighted by Gasteiger charge is -2.08. The first-order valence-electron chi connectivity index (χ1n) is 3.22. The molecule has 0 heterocycles. The summed E-state index contributed by atoms with van der Waals surface area (Å²) < 4.78 is 0. The van der Waals surface area contributed by atoms with E-state index in [1.165, 1.54) is 12.8 Å². The first-order chi connectivity index (χ1) is 3.85. The minimum absolute atomic E-state index is 0.806. The Kier molecular flexibility index (Phi) is 5.98. The highest BCUT2D eigenvalue weighted by Crippen LogP contribution is 2.21.